The van der Waals surface area contributed by atoms with Gasteiger partial charge in [-0.25, -0.2) is 4.98 Å². The van der Waals surface area contributed by atoms with Gasteiger partial charge in [-0.3, -0.25) is 4.79 Å². The van der Waals surface area contributed by atoms with E-state index in [9.17, 15) is 4.79 Å². The fourth-order valence-electron chi connectivity index (χ4n) is 1.82. The molecule has 0 bridgehead atoms. The summed E-state index contributed by atoms with van der Waals surface area (Å²) in [6.45, 7) is 6.42. The molecule has 0 fully saturated rings. The molecule has 102 valence electrons. The van der Waals surface area contributed by atoms with E-state index in [-0.39, 0.29) is 5.41 Å². The lowest BCUT2D eigenvalue weighted by Crippen LogP contribution is -2.17. The number of nitrogens with zero attached hydrogens (tertiary/aromatic N) is 1. The van der Waals surface area contributed by atoms with Gasteiger partial charge in [0.2, 0.25) is 0 Å². The number of Topliss-reactive ketones (excluding diaryl/α,β-unsaturated/α-hetero) is 1. The van der Waals surface area contributed by atoms with Crippen LogP contribution in [0.15, 0.2) is 22.9 Å². The molecule has 2 aromatic heterocycles. The third-order valence-corrected chi connectivity index (χ3v) is 5.05. The maximum atomic E-state index is 12.1. The molecule has 0 aromatic carbocycles. The highest BCUT2D eigenvalue weighted by molar-refractivity contribution is 7.14. The number of ketones is 1. The molecule has 0 saturated carbocycles. The summed E-state index contributed by atoms with van der Waals surface area (Å²) in [4.78, 5) is 17.8. The summed E-state index contributed by atoms with van der Waals surface area (Å²) < 4.78 is 0. The van der Waals surface area contributed by atoms with Crippen molar-refractivity contribution in [2.75, 3.05) is 0 Å². The first kappa shape index (κ1) is 14.4. The maximum Gasteiger partial charge on any atom is 0.140 e. The minimum atomic E-state index is 0.102. The van der Waals surface area contributed by atoms with Gasteiger partial charge in [0.15, 0.2) is 0 Å². The zero-order valence-electron chi connectivity index (χ0n) is 11.6. The van der Waals surface area contributed by atoms with Gasteiger partial charge >= 0.3 is 0 Å². The molecule has 0 radical (unpaired) electrons. The van der Waals surface area contributed by atoms with Gasteiger partial charge in [-0.1, -0.05) is 33.3 Å². The van der Waals surface area contributed by atoms with Gasteiger partial charge in [-0.05, 0) is 16.9 Å². The van der Waals surface area contributed by atoms with E-state index >= 15 is 0 Å². The lowest BCUT2D eigenvalue weighted by Gasteiger charge is -2.20. The van der Waals surface area contributed by atoms with E-state index in [2.05, 4.69) is 31.8 Å². The molecule has 19 heavy (non-hydrogen) atoms. The Morgan fingerprint density at radius 1 is 1.37 bits per heavy atom. The van der Waals surface area contributed by atoms with E-state index in [1.165, 1.54) is 4.88 Å². The van der Waals surface area contributed by atoms with E-state index in [4.69, 9.17) is 0 Å². The highest BCUT2D eigenvalue weighted by Crippen LogP contribution is 2.28. The number of thiazole rings is 1. The quantitative estimate of drug-likeness (QED) is 0.765. The van der Waals surface area contributed by atoms with E-state index in [1.54, 1.807) is 22.7 Å². The van der Waals surface area contributed by atoms with Crippen molar-refractivity contribution < 1.29 is 4.79 Å². The normalized spacial score (nSPS) is 11.7. The summed E-state index contributed by atoms with van der Waals surface area (Å²) in [5, 5.41) is 5.02. The Morgan fingerprint density at radius 2 is 2.16 bits per heavy atom. The smallest absolute Gasteiger partial charge is 0.140 e. The average molecular weight is 293 g/mol. The van der Waals surface area contributed by atoms with Crippen LogP contribution in [-0.2, 0) is 11.2 Å². The van der Waals surface area contributed by atoms with Crippen LogP contribution in [0.3, 0.4) is 0 Å². The van der Waals surface area contributed by atoms with E-state index in [0.29, 0.717) is 18.6 Å². The van der Waals surface area contributed by atoms with E-state index in [0.717, 1.165) is 17.1 Å². The topological polar surface area (TPSA) is 30.0 Å². The standard InChI is InChI=1S/C15H19NOS2/c1-4-15(2,3)9-11(17)8-14-16-12(10-19-14)13-6-5-7-18-13/h5-7,10H,4,8-9H2,1-3H3. The Bertz CT molecular complexity index is 540. The fraction of sp³-hybridized carbons (Fsp3) is 0.467. The van der Waals surface area contributed by atoms with Gasteiger partial charge in [0.1, 0.15) is 10.8 Å². The number of thiophene rings is 1. The van der Waals surface area contributed by atoms with Crippen molar-refractivity contribution in [3.8, 4) is 10.6 Å². The number of rotatable bonds is 6. The third-order valence-electron chi connectivity index (χ3n) is 3.31. The van der Waals surface area contributed by atoms with Crippen LogP contribution in [0.1, 0.15) is 38.6 Å². The van der Waals surface area contributed by atoms with Crippen LogP contribution < -0.4 is 0 Å². The number of hydrogen-bond donors (Lipinski definition) is 0. The van der Waals surface area contributed by atoms with E-state index in [1.807, 2.05) is 16.8 Å². The molecular weight excluding hydrogens is 274 g/mol. The van der Waals surface area contributed by atoms with Crippen LogP contribution >= 0.6 is 22.7 Å². The maximum absolute atomic E-state index is 12.1. The van der Waals surface area contributed by atoms with Gasteiger partial charge < -0.3 is 0 Å². The predicted molar refractivity (Wildman–Crippen MR) is 82.8 cm³/mol. The van der Waals surface area contributed by atoms with Crippen LogP contribution in [-0.4, -0.2) is 10.8 Å². The summed E-state index contributed by atoms with van der Waals surface area (Å²) in [5.41, 5.74) is 1.10. The van der Waals surface area contributed by atoms with Crippen LogP contribution in [0.5, 0.6) is 0 Å². The molecule has 0 unspecified atom stereocenters. The van der Waals surface area contributed by atoms with Gasteiger partial charge in [0.05, 0.1) is 17.0 Å². The Balaban J connectivity index is 1.99. The minimum absolute atomic E-state index is 0.102. The Hall–Kier alpha value is -1.00. The monoisotopic (exact) mass is 293 g/mol. The molecule has 2 nitrogen and oxygen atoms in total. The summed E-state index contributed by atoms with van der Waals surface area (Å²) in [7, 11) is 0. The SMILES string of the molecule is CCC(C)(C)CC(=O)Cc1nc(-c2cccs2)cs1. The second-order valence-corrected chi connectivity index (χ2v) is 7.40. The van der Waals surface area contributed by atoms with Gasteiger partial charge in [0.25, 0.3) is 0 Å². The van der Waals surface area contributed by atoms with Crippen molar-refractivity contribution in [2.45, 2.75) is 40.0 Å². The van der Waals surface area contributed by atoms with Crippen molar-refractivity contribution >= 4 is 28.5 Å². The number of carbonyl (C=O) groups is 1. The van der Waals surface area contributed by atoms with Crippen molar-refractivity contribution in [1.29, 1.82) is 0 Å². The van der Waals surface area contributed by atoms with Crippen molar-refractivity contribution in [2.24, 2.45) is 5.41 Å². The molecule has 0 aliphatic heterocycles. The van der Waals surface area contributed by atoms with Gasteiger partial charge in [-0.2, -0.15) is 0 Å². The van der Waals surface area contributed by atoms with Crippen LogP contribution in [0.25, 0.3) is 10.6 Å². The lowest BCUT2D eigenvalue weighted by molar-refractivity contribution is -0.120. The Labute approximate surface area is 122 Å². The molecule has 2 aromatic rings. The molecule has 2 rings (SSSR count). The summed E-state index contributed by atoms with van der Waals surface area (Å²) in [5.74, 6) is 0.291. The third kappa shape index (κ3) is 3.98. The van der Waals surface area contributed by atoms with Gasteiger partial charge in [-0.15, -0.1) is 22.7 Å². The number of carbonyl (C=O) groups excluding carboxylic acids is 1. The summed E-state index contributed by atoms with van der Waals surface area (Å²) in [6, 6.07) is 4.08. The largest absolute Gasteiger partial charge is 0.299 e. The second kappa shape index (κ2) is 5.97. The molecule has 0 aliphatic rings. The first-order valence-electron chi connectivity index (χ1n) is 6.50. The zero-order chi connectivity index (χ0) is 13.9. The first-order valence-corrected chi connectivity index (χ1v) is 8.26. The molecule has 0 amide bonds. The lowest BCUT2D eigenvalue weighted by atomic mass is 9.84. The summed E-state index contributed by atoms with van der Waals surface area (Å²) >= 11 is 3.27. The van der Waals surface area contributed by atoms with Crippen molar-refractivity contribution in [1.82, 2.24) is 4.98 Å². The first-order chi connectivity index (χ1) is 9.00. The zero-order valence-corrected chi connectivity index (χ0v) is 13.2. The summed E-state index contributed by atoms with van der Waals surface area (Å²) in [6.07, 6.45) is 2.13. The van der Waals surface area contributed by atoms with Gasteiger partial charge in [0, 0.05) is 11.8 Å². The highest BCUT2D eigenvalue weighted by atomic mass is 32.1. The molecule has 4 heteroatoms. The fourth-order valence-corrected chi connectivity index (χ4v) is 3.40. The average Bonchev–Trinajstić information content (AvgIpc) is 2.97. The predicted octanol–water partition coefficient (Wildman–Crippen LogP) is 4.81. The second-order valence-electron chi connectivity index (χ2n) is 5.51. The molecule has 0 aliphatic carbocycles. The van der Waals surface area contributed by atoms with Crippen molar-refractivity contribution in [3.05, 3.63) is 27.9 Å². The highest BCUT2D eigenvalue weighted by Gasteiger charge is 2.20. The molecular formula is C15H19NOS2. The van der Waals surface area contributed by atoms with Crippen LogP contribution in [0.2, 0.25) is 0 Å². The molecule has 0 atom stereocenters. The minimum Gasteiger partial charge on any atom is -0.299 e. The molecule has 0 spiro atoms. The molecule has 0 saturated heterocycles. The Kier molecular flexibility index (Phi) is 4.53. The van der Waals surface area contributed by atoms with Crippen LogP contribution in [0.4, 0.5) is 0 Å². The van der Waals surface area contributed by atoms with Crippen molar-refractivity contribution in [3.63, 3.8) is 0 Å². The number of hydrogen-bond acceptors (Lipinski definition) is 4. The Morgan fingerprint density at radius 3 is 2.79 bits per heavy atom. The van der Waals surface area contributed by atoms with Crippen LogP contribution in [0, 0.1) is 5.41 Å². The number of aromatic nitrogens is 1. The van der Waals surface area contributed by atoms with E-state index < -0.39 is 0 Å². The molecule has 2 heterocycles. The molecule has 0 N–H and O–H groups in total.